The Morgan fingerprint density at radius 3 is 2.54 bits per heavy atom. The summed E-state index contributed by atoms with van der Waals surface area (Å²) >= 11 is 0. The molecule has 1 saturated carbocycles. The van der Waals surface area contributed by atoms with Crippen molar-refractivity contribution in [2.24, 2.45) is 0 Å². The lowest BCUT2D eigenvalue weighted by Gasteiger charge is -2.39. The number of fused-ring (bicyclic) bond motifs is 3. The second kappa shape index (κ2) is 8.91. The highest BCUT2D eigenvalue weighted by molar-refractivity contribution is 5.91. The topological polar surface area (TPSA) is 160 Å². The van der Waals surface area contributed by atoms with E-state index in [2.05, 4.69) is 35.5 Å². The quantitative estimate of drug-likeness (QED) is 0.297. The van der Waals surface area contributed by atoms with Crippen LogP contribution in [-0.4, -0.2) is 67.9 Å². The molecule has 12 nitrogen and oxygen atoms in total. The first-order valence-electron chi connectivity index (χ1n) is 14.0. The first-order valence-corrected chi connectivity index (χ1v) is 14.0. The molecule has 8 rings (SSSR count). The van der Waals surface area contributed by atoms with Gasteiger partial charge in [0.15, 0.2) is 11.5 Å². The van der Waals surface area contributed by atoms with Gasteiger partial charge in [0.1, 0.15) is 17.8 Å². The summed E-state index contributed by atoms with van der Waals surface area (Å²) in [6, 6.07) is 3.87. The van der Waals surface area contributed by atoms with Crippen LogP contribution in [0.25, 0.3) is 28.2 Å². The standard InChI is InChI=1S/C28H28FN11O/c1-13-22(29)24(37-36-13)20-7-4-15(10-31-20)19-11-34-40-25(30)21(14-2-3-14)23(35-27(19)40)16-8-17-5-6-18(9-16)39(17)28(41)26-32-12-33-38-26/h4,7,10-12,14,16-18H,2-3,5-6,8-9,30H2,1H3,(H,36,37)(H,32,33,38)/t16-,17+,18-. The Balaban J connectivity index is 1.16. The Morgan fingerprint density at radius 2 is 1.90 bits per heavy atom. The number of H-pyrrole nitrogens is 2. The molecule has 7 heterocycles. The highest BCUT2D eigenvalue weighted by Crippen LogP contribution is 2.50. The normalized spacial score (nSPS) is 22.1. The van der Waals surface area contributed by atoms with Crippen molar-refractivity contribution < 1.29 is 9.18 Å². The van der Waals surface area contributed by atoms with Crippen molar-refractivity contribution in [3.63, 3.8) is 0 Å². The van der Waals surface area contributed by atoms with Crippen molar-refractivity contribution in [1.82, 2.24) is 49.9 Å². The van der Waals surface area contributed by atoms with Gasteiger partial charge >= 0.3 is 0 Å². The van der Waals surface area contributed by atoms with Crippen LogP contribution in [0.4, 0.5) is 10.2 Å². The average Bonchev–Trinajstić information content (AvgIpc) is 3.27. The molecule has 0 radical (unpaired) electrons. The third kappa shape index (κ3) is 3.75. The highest BCUT2D eigenvalue weighted by atomic mass is 19.1. The van der Waals surface area contributed by atoms with Crippen molar-refractivity contribution in [2.75, 3.05) is 5.73 Å². The van der Waals surface area contributed by atoms with Gasteiger partial charge in [-0.05, 0) is 57.4 Å². The molecular formula is C28H28FN11O. The summed E-state index contributed by atoms with van der Waals surface area (Å²) < 4.78 is 16.1. The van der Waals surface area contributed by atoms with Gasteiger partial charge in [0, 0.05) is 40.9 Å². The third-order valence-electron chi connectivity index (χ3n) is 8.90. The molecule has 2 aliphatic heterocycles. The number of carbonyl (C=O) groups excluding carboxylic acids is 1. The van der Waals surface area contributed by atoms with Gasteiger partial charge in [0.2, 0.25) is 5.82 Å². The summed E-state index contributed by atoms with van der Waals surface area (Å²) in [7, 11) is 0. The molecule has 1 aliphatic carbocycles. The molecule has 5 aromatic rings. The number of hydrogen-bond donors (Lipinski definition) is 3. The van der Waals surface area contributed by atoms with E-state index < -0.39 is 5.82 Å². The summed E-state index contributed by atoms with van der Waals surface area (Å²) in [5.74, 6) is 0.993. The molecule has 3 aliphatic rings. The number of nitrogens with one attached hydrogen (secondary N) is 2. The van der Waals surface area contributed by atoms with Gasteiger partial charge in [0.25, 0.3) is 5.91 Å². The molecule has 41 heavy (non-hydrogen) atoms. The smallest absolute Gasteiger partial charge is 0.292 e. The van der Waals surface area contributed by atoms with Crippen molar-refractivity contribution in [3.05, 3.63) is 59.4 Å². The third-order valence-corrected chi connectivity index (χ3v) is 8.90. The van der Waals surface area contributed by atoms with E-state index in [1.165, 1.54) is 6.33 Å². The minimum absolute atomic E-state index is 0.0855. The van der Waals surface area contributed by atoms with E-state index in [0.717, 1.165) is 60.9 Å². The summed E-state index contributed by atoms with van der Waals surface area (Å²) in [6.07, 6.45) is 10.6. The maximum Gasteiger partial charge on any atom is 0.292 e. The summed E-state index contributed by atoms with van der Waals surface area (Å²) in [6.45, 7) is 1.63. The van der Waals surface area contributed by atoms with Crippen LogP contribution in [-0.2, 0) is 0 Å². The maximum absolute atomic E-state index is 14.4. The Labute approximate surface area is 233 Å². The molecule has 2 saturated heterocycles. The van der Waals surface area contributed by atoms with Gasteiger partial charge < -0.3 is 15.6 Å². The number of aryl methyl sites for hydroxylation is 1. The molecule has 4 N–H and O–H groups in total. The molecular weight excluding hydrogens is 525 g/mol. The number of nitrogens with two attached hydrogens (primary N) is 1. The lowest BCUT2D eigenvalue weighted by Crippen LogP contribution is -2.46. The first kappa shape index (κ1) is 24.1. The van der Waals surface area contributed by atoms with Gasteiger partial charge in [-0.25, -0.2) is 9.37 Å². The zero-order chi connectivity index (χ0) is 27.8. The number of anilines is 1. The Morgan fingerprint density at radius 1 is 1.10 bits per heavy atom. The number of aromatic amines is 2. The first-order chi connectivity index (χ1) is 20.0. The molecule has 208 valence electrons. The number of piperidine rings is 1. The van der Waals surface area contributed by atoms with Crippen LogP contribution in [0.2, 0.25) is 0 Å². The van der Waals surface area contributed by atoms with E-state index in [0.29, 0.717) is 28.8 Å². The molecule has 0 spiro atoms. The van der Waals surface area contributed by atoms with Crippen LogP contribution in [0.5, 0.6) is 0 Å². The van der Waals surface area contributed by atoms with Gasteiger partial charge in [-0.1, -0.05) is 6.07 Å². The molecule has 0 unspecified atom stereocenters. The van der Waals surface area contributed by atoms with Crippen LogP contribution in [0, 0.1) is 12.7 Å². The van der Waals surface area contributed by atoms with Gasteiger partial charge in [-0.15, -0.1) is 10.2 Å². The lowest BCUT2D eigenvalue weighted by molar-refractivity contribution is 0.0557. The van der Waals surface area contributed by atoms with Gasteiger partial charge in [-0.3, -0.25) is 14.9 Å². The summed E-state index contributed by atoms with van der Waals surface area (Å²) in [5, 5.41) is 19.1. The zero-order valence-electron chi connectivity index (χ0n) is 22.4. The number of aromatic nitrogens is 9. The molecule has 3 fully saturated rings. The van der Waals surface area contributed by atoms with E-state index in [4.69, 9.17) is 10.7 Å². The maximum atomic E-state index is 14.4. The number of rotatable bonds is 5. The molecule has 13 heteroatoms. The molecule has 0 aromatic carbocycles. The Hall–Kier alpha value is -4.68. The number of nitrogen functional groups attached to an aromatic ring is 1. The molecule has 3 atom stereocenters. The van der Waals surface area contributed by atoms with Crippen molar-refractivity contribution in [2.45, 2.75) is 69.4 Å². The average molecular weight is 554 g/mol. The number of pyridine rings is 1. The van der Waals surface area contributed by atoms with E-state index in [-0.39, 0.29) is 35.4 Å². The van der Waals surface area contributed by atoms with Crippen molar-refractivity contribution in [1.29, 1.82) is 0 Å². The zero-order valence-corrected chi connectivity index (χ0v) is 22.4. The number of hydrogen-bond acceptors (Lipinski definition) is 8. The van der Waals surface area contributed by atoms with Gasteiger partial charge in [-0.2, -0.15) is 14.7 Å². The van der Waals surface area contributed by atoms with Crippen LogP contribution in [0.15, 0.2) is 30.9 Å². The monoisotopic (exact) mass is 553 g/mol. The largest absolute Gasteiger partial charge is 0.383 e. The fraction of sp³-hybridized carbons (Fsp3) is 0.393. The van der Waals surface area contributed by atoms with Crippen LogP contribution in [0.3, 0.4) is 0 Å². The second-order valence-corrected chi connectivity index (χ2v) is 11.4. The summed E-state index contributed by atoms with van der Waals surface area (Å²) in [4.78, 5) is 27.8. The lowest BCUT2D eigenvalue weighted by atomic mass is 9.85. The predicted octanol–water partition coefficient (Wildman–Crippen LogP) is 3.76. The van der Waals surface area contributed by atoms with E-state index in [9.17, 15) is 9.18 Å². The van der Waals surface area contributed by atoms with Crippen LogP contribution < -0.4 is 5.73 Å². The van der Waals surface area contributed by atoms with Crippen molar-refractivity contribution in [3.8, 4) is 22.5 Å². The fourth-order valence-corrected chi connectivity index (χ4v) is 6.79. The SMILES string of the molecule is Cc1[nH]nc(-c2ccc(-c3cnn4c(N)c(C5CC5)c([C@H]5C[C@H]6CC[C@@H](C5)N6C(=O)c5nnc[nH]5)nc34)cn2)c1F. The van der Waals surface area contributed by atoms with E-state index >= 15 is 0 Å². The van der Waals surface area contributed by atoms with Crippen molar-refractivity contribution >= 4 is 17.4 Å². The number of nitrogens with zero attached hydrogens (tertiary/aromatic N) is 8. The van der Waals surface area contributed by atoms with Crippen LogP contribution >= 0.6 is 0 Å². The number of amides is 1. The molecule has 1 amide bonds. The number of halogens is 1. The van der Waals surface area contributed by atoms with E-state index in [1.54, 1.807) is 29.9 Å². The number of carbonyl (C=O) groups is 1. The minimum atomic E-state index is -0.407. The van der Waals surface area contributed by atoms with E-state index in [1.807, 2.05) is 11.0 Å². The molecule has 2 bridgehead atoms. The Bertz CT molecular complexity index is 1770. The minimum Gasteiger partial charge on any atom is -0.383 e. The fourth-order valence-electron chi connectivity index (χ4n) is 6.79. The van der Waals surface area contributed by atoms with Gasteiger partial charge in [0.05, 0.1) is 23.3 Å². The summed E-state index contributed by atoms with van der Waals surface area (Å²) in [5.41, 5.74) is 12.2. The second-order valence-electron chi connectivity index (χ2n) is 11.4. The predicted molar refractivity (Wildman–Crippen MR) is 146 cm³/mol. The molecule has 5 aromatic heterocycles. The highest BCUT2D eigenvalue weighted by Gasteiger charge is 2.46. The van der Waals surface area contributed by atoms with Crippen LogP contribution in [0.1, 0.15) is 77.9 Å². The Kier molecular flexibility index (Phi) is 5.25.